The summed E-state index contributed by atoms with van der Waals surface area (Å²) in [5.41, 5.74) is 1.02. The number of benzene rings is 2. The Kier molecular flexibility index (Phi) is 5.16. The first-order valence-electron chi connectivity index (χ1n) is 7.06. The van der Waals surface area contributed by atoms with Gasteiger partial charge in [0, 0.05) is 13.0 Å². The number of hydrogen-bond acceptors (Lipinski definition) is 6. The van der Waals surface area contributed by atoms with E-state index < -0.39 is 10.7 Å². The zero-order valence-electron chi connectivity index (χ0n) is 13.1. The third-order valence-corrected chi connectivity index (χ3v) is 3.21. The Morgan fingerprint density at radius 3 is 2.29 bits per heavy atom. The Bertz CT molecular complexity index is 838. The molecule has 0 spiro atoms. The number of hydrogen-bond donors (Lipinski definition) is 1. The van der Waals surface area contributed by atoms with Gasteiger partial charge in [-0.15, -0.1) is 10.2 Å². The van der Waals surface area contributed by atoms with Crippen molar-refractivity contribution in [1.82, 2.24) is 0 Å². The van der Waals surface area contributed by atoms with Crippen LogP contribution in [-0.4, -0.2) is 15.8 Å². The maximum absolute atomic E-state index is 11.4. The first kappa shape index (κ1) is 17.0. The van der Waals surface area contributed by atoms with E-state index in [-0.39, 0.29) is 22.8 Å². The number of azo groups is 1. The zero-order chi connectivity index (χ0) is 17.7. The number of rotatable bonds is 5. The Hall–Kier alpha value is -3.35. The second-order valence-corrected chi connectivity index (χ2v) is 5.02. The predicted octanol–water partition coefficient (Wildman–Crippen LogP) is 4.72. The van der Waals surface area contributed by atoms with Gasteiger partial charge in [-0.3, -0.25) is 14.9 Å². The molecule has 0 amide bonds. The molecule has 0 aliphatic heterocycles. The van der Waals surface area contributed by atoms with Crippen molar-refractivity contribution in [3.8, 4) is 11.1 Å². The molecule has 0 atom stereocenters. The number of Topliss-reactive ketones (excluding diaryl/α,β-unsaturated/α-hetero) is 1. The van der Waals surface area contributed by atoms with Crippen molar-refractivity contribution in [1.29, 1.82) is 0 Å². The van der Waals surface area contributed by atoms with Gasteiger partial charge < -0.3 is 5.11 Å². The highest BCUT2D eigenvalue weighted by Crippen LogP contribution is 2.33. The lowest BCUT2D eigenvalue weighted by Crippen LogP contribution is -1.96. The average Bonchev–Trinajstić information content (AvgIpc) is 2.55. The molecule has 0 unspecified atom stereocenters. The third kappa shape index (κ3) is 3.89. The Balaban J connectivity index is 2.47. The number of ketones is 1. The molecule has 0 aromatic heterocycles. The van der Waals surface area contributed by atoms with Crippen LogP contribution in [0.1, 0.15) is 13.8 Å². The standard InChI is InChI=1S/C17H15N3O4/c1-11(21)17(12(2)22)19-18-15-9-8-14(10-16(15)20(23)24)13-6-4-3-5-7-13/h3-10,21H,1-2H3/b17-11-,19-18?. The average molecular weight is 325 g/mol. The van der Waals surface area contributed by atoms with E-state index in [1.165, 1.54) is 26.0 Å². The van der Waals surface area contributed by atoms with Gasteiger partial charge in [0.1, 0.15) is 5.76 Å². The monoisotopic (exact) mass is 325 g/mol. The summed E-state index contributed by atoms with van der Waals surface area (Å²) in [6.45, 7) is 2.52. The van der Waals surface area contributed by atoms with Gasteiger partial charge in [-0.25, -0.2) is 0 Å². The number of carbonyl (C=O) groups is 1. The summed E-state index contributed by atoms with van der Waals surface area (Å²) in [6, 6.07) is 13.7. The minimum atomic E-state index is -0.566. The van der Waals surface area contributed by atoms with Gasteiger partial charge in [0.05, 0.1) is 4.92 Å². The molecule has 122 valence electrons. The van der Waals surface area contributed by atoms with E-state index in [0.717, 1.165) is 5.56 Å². The van der Waals surface area contributed by atoms with Crippen LogP contribution in [0.4, 0.5) is 11.4 Å². The van der Waals surface area contributed by atoms with Gasteiger partial charge in [0.25, 0.3) is 5.69 Å². The fourth-order valence-corrected chi connectivity index (χ4v) is 2.07. The molecular weight excluding hydrogens is 310 g/mol. The molecule has 24 heavy (non-hydrogen) atoms. The molecule has 0 heterocycles. The second-order valence-electron chi connectivity index (χ2n) is 5.02. The van der Waals surface area contributed by atoms with E-state index in [2.05, 4.69) is 10.2 Å². The van der Waals surface area contributed by atoms with Crippen LogP contribution >= 0.6 is 0 Å². The van der Waals surface area contributed by atoms with Crippen LogP contribution in [0.15, 0.2) is 70.2 Å². The number of carbonyl (C=O) groups excluding carboxylic acids is 1. The largest absolute Gasteiger partial charge is 0.510 e. The Labute approximate surface area is 138 Å². The van der Waals surface area contributed by atoms with Crippen molar-refractivity contribution in [2.45, 2.75) is 13.8 Å². The van der Waals surface area contributed by atoms with Crippen molar-refractivity contribution in [2.75, 3.05) is 0 Å². The summed E-state index contributed by atoms with van der Waals surface area (Å²) in [5.74, 6) is -0.780. The summed E-state index contributed by atoms with van der Waals surface area (Å²) in [4.78, 5) is 22.1. The fraction of sp³-hybridized carbons (Fsp3) is 0.118. The SMILES string of the molecule is CC(=O)/C(N=Nc1ccc(-c2ccccc2)cc1[N+](=O)[O-])=C(\C)O. The van der Waals surface area contributed by atoms with Crippen LogP contribution in [0, 0.1) is 10.1 Å². The van der Waals surface area contributed by atoms with Crippen molar-refractivity contribution in [3.63, 3.8) is 0 Å². The van der Waals surface area contributed by atoms with E-state index in [1.807, 2.05) is 30.3 Å². The van der Waals surface area contributed by atoms with E-state index in [4.69, 9.17) is 0 Å². The summed E-state index contributed by atoms with van der Waals surface area (Å²) < 4.78 is 0. The normalized spacial score (nSPS) is 12.1. The van der Waals surface area contributed by atoms with E-state index in [1.54, 1.807) is 6.07 Å². The van der Waals surface area contributed by atoms with Crippen molar-refractivity contribution in [2.24, 2.45) is 10.2 Å². The molecule has 0 aliphatic carbocycles. The molecule has 0 fully saturated rings. The summed E-state index contributed by atoms with van der Waals surface area (Å²) in [5, 5.41) is 28.1. The maximum atomic E-state index is 11.4. The van der Waals surface area contributed by atoms with Crippen LogP contribution in [0.5, 0.6) is 0 Å². The van der Waals surface area contributed by atoms with Gasteiger partial charge in [-0.2, -0.15) is 0 Å². The topological polar surface area (TPSA) is 105 Å². The number of aliphatic hydroxyl groups is 1. The molecular formula is C17H15N3O4. The highest BCUT2D eigenvalue weighted by atomic mass is 16.6. The Morgan fingerprint density at radius 1 is 1.08 bits per heavy atom. The molecule has 2 rings (SSSR count). The summed E-state index contributed by atoms with van der Waals surface area (Å²) in [6.07, 6.45) is 0. The molecule has 7 heteroatoms. The molecule has 0 aliphatic rings. The molecule has 0 saturated heterocycles. The molecule has 2 aromatic rings. The first-order chi connectivity index (χ1) is 11.4. The minimum Gasteiger partial charge on any atom is -0.510 e. The van der Waals surface area contributed by atoms with E-state index >= 15 is 0 Å². The fourth-order valence-electron chi connectivity index (χ4n) is 2.07. The van der Waals surface area contributed by atoms with Gasteiger partial charge >= 0.3 is 0 Å². The molecule has 2 aromatic carbocycles. The van der Waals surface area contributed by atoms with Gasteiger partial charge in [-0.1, -0.05) is 36.4 Å². The summed E-state index contributed by atoms with van der Waals surface area (Å²) >= 11 is 0. The lowest BCUT2D eigenvalue weighted by molar-refractivity contribution is -0.384. The van der Waals surface area contributed by atoms with Crippen molar-refractivity contribution in [3.05, 3.63) is 70.1 Å². The van der Waals surface area contributed by atoms with Crippen LogP contribution in [0.3, 0.4) is 0 Å². The van der Waals surface area contributed by atoms with Gasteiger partial charge in [0.2, 0.25) is 0 Å². The zero-order valence-corrected chi connectivity index (χ0v) is 13.1. The summed E-state index contributed by atoms with van der Waals surface area (Å²) in [7, 11) is 0. The Morgan fingerprint density at radius 2 is 1.75 bits per heavy atom. The second kappa shape index (κ2) is 7.28. The molecule has 0 radical (unpaired) electrons. The number of aliphatic hydroxyl groups excluding tert-OH is 1. The van der Waals surface area contributed by atoms with E-state index in [9.17, 15) is 20.0 Å². The van der Waals surface area contributed by atoms with Crippen molar-refractivity contribution >= 4 is 17.2 Å². The lowest BCUT2D eigenvalue weighted by Gasteiger charge is -2.03. The maximum Gasteiger partial charge on any atom is 0.297 e. The third-order valence-electron chi connectivity index (χ3n) is 3.21. The number of allylic oxidation sites excluding steroid dienone is 2. The van der Waals surface area contributed by atoms with Crippen LogP contribution in [0.2, 0.25) is 0 Å². The molecule has 1 N–H and O–H groups in total. The highest BCUT2D eigenvalue weighted by molar-refractivity contribution is 5.93. The van der Waals surface area contributed by atoms with Gasteiger partial charge in [0.15, 0.2) is 17.2 Å². The van der Waals surface area contributed by atoms with E-state index in [0.29, 0.717) is 5.56 Å². The number of nitrogens with zero attached hydrogens (tertiary/aromatic N) is 3. The highest BCUT2D eigenvalue weighted by Gasteiger charge is 2.16. The smallest absolute Gasteiger partial charge is 0.297 e. The predicted molar refractivity (Wildman–Crippen MR) is 89.1 cm³/mol. The quantitative estimate of drug-likeness (QED) is 0.282. The molecule has 7 nitrogen and oxygen atoms in total. The van der Waals surface area contributed by atoms with Crippen LogP contribution < -0.4 is 0 Å². The lowest BCUT2D eigenvalue weighted by atomic mass is 10.0. The number of nitro benzene ring substituents is 1. The van der Waals surface area contributed by atoms with Crippen molar-refractivity contribution < 1.29 is 14.8 Å². The van der Waals surface area contributed by atoms with Crippen LogP contribution in [0.25, 0.3) is 11.1 Å². The minimum absolute atomic E-state index is 0.000295. The van der Waals surface area contributed by atoms with Crippen LogP contribution in [-0.2, 0) is 4.79 Å². The number of nitro groups is 1. The van der Waals surface area contributed by atoms with Gasteiger partial charge in [-0.05, 0) is 24.1 Å². The first-order valence-corrected chi connectivity index (χ1v) is 7.06. The molecule has 0 saturated carbocycles. The molecule has 0 bridgehead atoms.